The summed E-state index contributed by atoms with van der Waals surface area (Å²) < 4.78 is 9.20. The number of rotatable bonds is 10. The van der Waals surface area contributed by atoms with Crippen molar-refractivity contribution in [1.82, 2.24) is 14.5 Å². The fourth-order valence-corrected chi connectivity index (χ4v) is 15.3. The first-order valence-electron chi connectivity index (χ1n) is 26.7. The number of pyridine rings is 1. The van der Waals surface area contributed by atoms with E-state index in [9.17, 15) is 0 Å². The normalized spacial score (nSPS) is 14.0. The fraction of sp³-hybridized carbons (Fsp3) is 0.284. The Balaban J connectivity index is 0.000000284. The van der Waals surface area contributed by atoms with Gasteiger partial charge < -0.3 is 14.0 Å². The molecule has 1 radical (unpaired) electrons. The molecule has 3 aromatic heterocycles. The van der Waals surface area contributed by atoms with Crippen molar-refractivity contribution in [2.45, 2.75) is 123 Å². The molecule has 0 N–H and O–H groups in total. The van der Waals surface area contributed by atoms with Crippen LogP contribution in [0.15, 0.2) is 162 Å². The number of benzene rings is 7. The quantitative estimate of drug-likeness (QED) is 0.101. The maximum absolute atomic E-state index is 6.80. The smallest absolute Gasteiger partial charge is 0.121 e. The third kappa shape index (κ3) is 10.8. The molecule has 0 unspecified atom stereocenters. The number of nitrogens with zero attached hydrogens (tertiary/aromatic N) is 3. The van der Waals surface area contributed by atoms with Crippen LogP contribution in [-0.2, 0) is 20.1 Å². The first kappa shape index (κ1) is 52.9. The molecule has 11 rings (SSSR count). The predicted molar refractivity (Wildman–Crippen MR) is 316 cm³/mol. The number of hydrogen-bond donors (Lipinski definition) is 0. The number of fused-ring (bicyclic) bond motifs is 4. The zero-order valence-corrected chi connectivity index (χ0v) is 49.6. The van der Waals surface area contributed by atoms with Crippen LogP contribution in [0.25, 0.3) is 83.6 Å². The molecule has 4 nitrogen and oxygen atoms in total. The Labute approximate surface area is 456 Å². The van der Waals surface area contributed by atoms with Crippen molar-refractivity contribution in [2.75, 3.05) is 0 Å². The van der Waals surface area contributed by atoms with Crippen molar-refractivity contribution in [3.8, 4) is 50.6 Å². The van der Waals surface area contributed by atoms with E-state index in [0.717, 1.165) is 61.2 Å². The fourth-order valence-electron chi connectivity index (χ4n) is 11.1. The minimum atomic E-state index is -1.34. The summed E-state index contributed by atoms with van der Waals surface area (Å²) in [7, 11) is -2.32. The van der Waals surface area contributed by atoms with Crippen molar-refractivity contribution in [3.63, 3.8) is 0 Å². The van der Waals surface area contributed by atoms with Gasteiger partial charge in [0.05, 0.1) is 30.5 Å². The van der Waals surface area contributed by atoms with Gasteiger partial charge in [-0.15, -0.1) is 54.1 Å². The van der Waals surface area contributed by atoms with Crippen molar-refractivity contribution in [2.24, 2.45) is 0 Å². The van der Waals surface area contributed by atoms with Crippen LogP contribution < -0.4 is 5.19 Å². The summed E-state index contributed by atoms with van der Waals surface area (Å²) in [5.74, 6) is 2.65. The number of para-hydroxylation sites is 2. The van der Waals surface area contributed by atoms with Crippen molar-refractivity contribution in [3.05, 3.63) is 192 Å². The first-order valence-corrected chi connectivity index (χ1v) is 33.6. The Hall–Kier alpha value is -5.96. The van der Waals surface area contributed by atoms with Crippen molar-refractivity contribution >= 4 is 54.3 Å². The van der Waals surface area contributed by atoms with Crippen LogP contribution in [0.1, 0.15) is 100 Å². The third-order valence-electron chi connectivity index (χ3n) is 15.4. The van der Waals surface area contributed by atoms with E-state index in [0.29, 0.717) is 11.8 Å². The van der Waals surface area contributed by atoms with E-state index in [1.807, 2.05) is 24.3 Å². The molecule has 1 aliphatic heterocycles. The van der Waals surface area contributed by atoms with Crippen LogP contribution in [-0.4, -0.2) is 30.7 Å². The minimum absolute atomic E-state index is 0. The molecular weight excluding hydrogens is 1110 g/mol. The molecule has 4 heterocycles. The summed E-state index contributed by atoms with van der Waals surface area (Å²) in [6.07, 6.45) is 4.78. The SMILES string of the molecule is CC(C)c1cc(-c2[c-]cccc2)ncc1[Si](C)(C)C.CC(C)c1cc(-c2ccc(C3CC[Si](C)(C)CC3)cc2)cc(C(C)C)c1-n1c(-c2[c-]ccc3c2oc2cc(-c4ccccc4)ccc23)nc2ccccc21.[Ir]. The van der Waals surface area contributed by atoms with E-state index < -0.39 is 16.1 Å². The van der Waals surface area contributed by atoms with Gasteiger partial charge >= 0.3 is 0 Å². The summed E-state index contributed by atoms with van der Waals surface area (Å²) in [6, 6.07) is 64.2. The summed E-state index contributed by atoms with van der Waals surface area (Å²) >= 11 is 0. The molecule has 0 bridgehead atoms. The van der Waals surface area contributed by atoms with Gasteiger partial charge in [0.25, 0.3) is 0 Å². The van der Waals surface area contributed by atoms with E-state index >= 15 is 0 Å². The van der Waals surface area contributed by atoms with Gasteiger partial charge in [-0.05, 0) is 117 Å². The maximum Gasteiger partial charge on any atom is 0.121 e. The van der Waals surface area contributed by atoms with Crippen LogP contribution in [0.4, 0.5) is 0 Å². The number of imidazole rings is 1. The summed E-state index contributed by atoms with van der Waals surface area (Å²) in [4.78, 5) is 10.0. The molecule has 379 valence electrons. The average Bonchev–Trinajstić information content (AvgIpc) is 3.97. The van der Waals surface area contributed by atoms with E-state index in [-0.39, 0.29) is 31.9 Å². The Morgan fingerprint density at radius 3 is 1.91 bits per heavy atom. The predicted octanol–water partition coefficient (Wildman–Crippen LogP) is 18.8. The molecule has 0 atom stereocenters. The summed E-state index contributed by atoms with van der Waals surface area (Å²) in [5.41, 5.74) is 18.4. The van der Waals surface area contributed by atoms with Gasteiger partial charge in [-0.1, -0.05) is 188 Å². The Morgan fingerprint density at radius 1 is 0.622 bits per heavy atom. The molecule has 10 aromatic rings. The van der Waals surface area contributed by atoms with Gasteiger partial charge in [-0.3, -0.25) is 4.98 Å². The van der Waals surface area contributed by atoms with Crippen LogP contribution in [0.5, 0.6) is 0 Å². The Bertz CT molecular complexity index is 3530. The van der Waals surface area contributed by atoms with Gasteiger partial charge in [-0.2, -0.15) is 0 Å². The van der Waals surface area contributed by atoms with E-state index in [1.54, 1.807) is 0 Å². The molecule has 7 aromatic carbocycles. The first-order chi connectivity index (χ1) is 35.0. The van der Waals surface area contributed by atoms with Gasteiger partial charge in [0.1, 0.15) is 5.58 Å². The van der Waals surface area contributed by atoms with Gasteiger partial charge in [0.2, 0.25) is 0 Å². The van der Waals surface area contributed by atoms with Crippen LogP contribution in [0.3, 0.4) is 0 Å². The number of aromatic nitrogens is 3. The molecule has 0 saturated carbocycles. The Kier molecular flexibility index (Phi) is 15.5. The van der Waals surface area contributed by atoms with Crippen molar-refractivity contribution < 1.29 is 24.5 Å². The van der Waals surface area contributed by atoms with Crippen LogP contribution in [0.2, 0.25) is 44.8 Å². The molecule has 0 amide bonds. The van der Waals surface area contributed by atoms with E-state index in [2.05, 4.69) is 230 Å². The molecule has 1 fully saturated rings. The molecule has 74 heavy (non-hydrogen) atoms. The Morgan fingerprint density at radius 2 is 1.26 bits per heavy atom. The van der Waals surface area contributed by atoms with Gasteiger partial charge in [0, 0.05) is 45.4 Å². The van der Waals surface area contributed by atoms with Crippen molar-refractivity contribution in [1.29, 1.82) is 0 Å². The molecule has 0 spiro atoms. The average molecular weight is 1180 g/mol. The third-order valence-corrected chi connectivity index (χ3v) is 20.7. The summed E-state index contributed by atoms with van der Waals surface area (Å²) in [6.45, 7) is 26.1. The van der Waals surface area contributed by atoms with Gasteiger partial charge in [0.15, 0.2) is 0 Å². The van der Waals surface area contributed by atoms with E-state index in [1.165, 1.54) is 74.7 Å². The molecular formula is C67H71IrN3OSi2-2. The van der Waals surface area contributed by atoms with Crippen LogP contribution in [0, 0.1) is 12.1 Å². The second-order valence-corrected chi connectivity index (χ2v) is 33.6. The zero-order valence-electron chi connectivity index (χ0n) is 45.2. The minimum Gasteiger partial charge on any atom is -0.501 e. The largest absolute Gasteiger partial charge is 0.501 e. The second-order valence-electron chi connectivity index (χ2n) is 23.2. The topological polar surface area (TPSA) is 43.9 Å². The monoisotopic (exact) mass is 1180 g/mol. The molecule has 1 aliphatic rings. The standard InChI is InChI=1S/C50H49N2OSi.C17H22NSi.Ir/c1-32(2)43-29-39(36-21-19-35(20-22-36)37-25-27-54(5,6)28-26-37)30-44(33(3)4)48(43)52-46-18-11-10-17-45(46)51-50(52)42-16-12-15-41-40-24-23-38(31-47(40)53-49(41)42)34-13-8-7-9-14-34;1-13(2)15-11-16(14-9-7-6-8-10-14)18-12-17(15)19(3,4)5;/h7-15,17-24,29-33,37H,25-28H2,1-6H3;6-9,11-13H,1-5H3;/q2*-1;. The number of furan rings is 1. The summed E-state index contributed by atoms with van der Waals surface area (Å²) in [5, 5.41) is 3.64. The molecule has 0 aliphatic carbocycles. The second kappa shape index (κ2) is 21.7. The van der Waals surface area contributed by atoms with E-state index in [4.69, 9.17) is 9.40 Å². The number of hydrogen-bond acceptors (Lipinski definition) is 3. The van der Waals surface area contributed by atoms with Crippen LogP contribution >= 0.6 is 0 Å². The molecule has 1 saturated heterocycles. The maximum atomic E-state index is 6.80. The zero-order chi connectivity index (χ0) is 51.2. The molecule has 7 heteroatoms. The van der Waals surface area contributed by atoms with Gasteiger partial charge in [-0.25, -0.2) is 0 Å².